The molecule has 2 N–H and O–H groups in total. The number of rotatable bonds is 4. The average molecular weight is 295 g/mol. The van der Waals surface area contributed by atoms with Crippen LogP contribution in [0.3, 0.4) is 0 Å². The van der Waals surface area contributed by atoms with Gasteiger partial charge in [-0.05, 0) is 49.5 Å². The zero-order valence-corrected chi connectivity index (χ0v) is 13.4. The topological polar surface area (TPSA) is 49.3 Å². The molecule has 0 bridgehead atoms. The van der Waals surface area contributed by atoms with E-state index in [0.29, 0.717) is 5.41 Å². The van der Waals surface area contributed by atoms with Crippen molar-refractivity contribution in [2.24, 2.45) is 11.3 Å². The molecule has 3 nitrogen and oxygen atoms in total. The Morgan fingerprint density at radius 1 is 1.50 bits per heavy atom. The van der Waals surface area contributed by atoms with Crippen LogP contribution in [0.2, 0.25) is 0 Å². The van der Waals surface area contributed by atoms with Crippen molar-refractivity contribution in [2.75, 3.05) is 6.54 Å². The summed E-state index contributed by atoms with van der Waals surface area (Å²) >= 11 is 1.52. The number of amides is 1. The minimum atomic E-state index is -0.974. The van der Waals surface area contributed by atoms with Gasteiger partial charge in [0.1, 0.15) is 5.60 Å². The van der Waals surface area contributed by atoms with Crippen LogP contribution in [0, 0.1) is 11.3 Å². The molecular formula is C16H25NO2S. The van der Waals surface area contributed by atoms with Gasteiger partial charge in [0.2, 0.25) is 5.91 Å². The molecule has 1 aromatic rings. The summed E-state index contributed by atoms with van der Waals surface area (Å²) < 4.78 is 0. The molecule has 1 fully saturated rings. The summed E-state index contributed by atoms with van der Waals surface area (Å²) in [5.41, 5.74) is -0.600. The van der Waals surface area contributed by atoms with Crippen LogP contribution in [-0.2, 0) is 10.4 Å². The van der Waals surface area contributed by atoms with Crippen molar-refractivity contribution in [1.82, 2.24) is 5.32 Å². The van der Waals surface area contributed by atoms with E-state index in [1.165, 1.54) is 11.3 Å². The largest absolute Gasteiger partial charge is 0.383 e. The molecule has 1 heterocycles. The highest BCUT2D eigenvalue weighted by molar-refractivity contribution is 7.10. The molecule has 1 aromatic heterocycles. The normalized spacial score (nSPS) is 22.2. The maximum absolute atomic E-state index is 12.2. The maximum Gasteiger partial charge on any atom is 0.223 e. The van der Waals surface area contributed by atoms with Crippen LogP contribution in [0.1, 0.15) is 51.3 Å². The lowest BCUT2D eigenvalue weighted by Gasteiger charge is -2.34. The van der Waals surface area contributed by atoms with Gasteiger partial charge in [0.25, 0.3) is 0 Å². The Morgan fingerprint density at radius 3 is 2.70 bits per heavy atom. The molecule has 1 amide bonds. The van der Waals surface area contributed by atoms with Crippen LogP contribution < -0.4 is 5.32 Å². The Hall–Kier alpha value is -0.870. The minimum Gasteiger partial charge on any atom is -0.383 e. The van der Waals surface area contributed by atoms with E-state index in [4.69, 9.17) is 0 Å². The summed E-state index contributed by atoms with van der Waals surface area (Å²) in [6.45, 7) is 6.57. The van der Waals surface area contributed by atoms with Crippen LogP contribution in [0.15, 0.2) is 17.5 Å². The fraction of sp³-hybridized carbons (Fsp3) is 0.688. The van der Waals surface area contributed by atoms with Gasteiger partial charge in [-0.1, -0.05) is 19.9 Å². The number of aliphatic hydroxyl groups is 1. The van der Waals surface area contributed by atoms with Gasteiger partial charge in [0.05, 0.1) is 6.54 Å². The predicted molar refractivity (Wildman–Crippen MR) is 82.6 cm³/mol. The summed E-state index contributed by atoms with van der Waals surface area (Å²) in [5, 5.41) is 15.3. The quantitative estimate of drug-likeness (QED) is 0.895. The Bertz CT molecular complexity index is 441. The first-order chi connectivity index (χ1) is 9.30. The molecule has 0 spiro atoms. The lowest BCUT2D eigenvalue weighted by molar-refractivity contribution is -0.127. The zero-order chi connectivity index (χ0) is 14.8. The van der Waals surface area contributed by atoms with E-state index in [-0.39, 0.29) is 18.4 Å². The molecule has 1 aliphatic carbocycles. The van der Waals surface area contributed by atoms with E-state index in [1.54, 1.807) is 6.92 Å². The van der Waals surface area contributed by atoms with Gasteiger partial charge in [-0.2, -0.15) is 0 Å². The number of nitrogens with one attached hydrogen (secondary N) is 1. The monoisotopic (exact) mass is 295 g/mol. The maximum atomic E-state index is 12.2. The van der Waals surface area contributed by atoms with Crippen molar-refractivity contribution < 1.29 is 9.90 Å². The third kappa shape index (κ3) is 3.83. The van der Waals surface area contributed by atoms with Crippen LogP contribution in [0.5, 0.6) is 0 Å². The standard InChI is InChI=1S/C16H25NO2S/c1-15(2)8-6-12(7-9-15)14(18)17-11-16(3,19)13-5-4-10-20-13/h4-5,10,12,19H,6-9,11H2,1-3H3,(H,17,18). The average Bonchev–Trinajstić information content (AvgIpc) is 2.90. The zero-order valence-electron chi connectivity index (χ0n) is 12.6. The van der Waals surface area contributed by atoms with Crippen molar-refractivity contribution in [3.05, 3.63) is 22.4 Å². The van der Waals surface area contributed by atoms with Gasteiger partial charge < -0.3 is 10.4 Å². The third-order valence-corrected chi connectivity index (χ3v) is 5.49. The summed E-state index contributed by atoms with van der Waals surface area (Å²) in [6, 6.07) is 3.82. The highest BCUT2D eigenvalue weighted by Crippen LogP contribution is 2.38. The Labute approximate surface area is 125 Å². The smallest absolute Gasteiger partial charge is 0.223 e. The Balaban J connectivity index is 1.84. The van der Waals surface area contributed by atoms with Gasteiger partial charge in [0.15, 0.2) is 0 Å². The van der Waals surface area contributed by atoms with Crippen molar-refractivity contribution in [2.45, 2.75) is 52.1 Å². The molecule has 0 aliphatic heterocycles. The Kier molecular flexibility index (Phi) is 4.55. The molecule has 1 unspecified atom stereocenters. The number of hydrogen-bond acceptors (Lipinski definition) is 3. The number of carbonyl (C=O) groups excluding carboxylic acids is 1. The molecule has 0 radical (unpaired) electrons. The Morgan fingerprint density at radius 2 is 2.15 bits per heavy atom. The fourth-order valence-corrected chi connectivity index (χ4v) is 3.52. The summed E-state index contributed by atoms with van der Waals surface area (Å²) in [5.74, 6) is 0.208. The second-order valence-electron chi connectivity index (χ2n) is 6.91. The molecule has 1 atom stereocenters. The number of thiophene rings is 1. The lowest BCUT2D eigenvalue weighted by atomic mass is 9.73. The molecule has 1 saturated carbocycles. The van der Waals surface area contributed by atoms with E-state index >= 15 is 0 Å². The van der Waals surface area contributed by atoms with Crippen molar-refractivity contribution in [1.29, 1.82) is 0 Å². The van der Waals surface area contributed by atoms with E-state index < -0.39 is 5.60 Å². The summed E-state index contributed by atoms with van der Waals surface area (Å²) in [6.07, 6.45) is 4.12. The van der Waals surface area contributed by atoms with Crippen molar-refractivity contribution >= 4 is 17.2 Å². The summed E-state index contributed by atoms with van der Waals surface area (Å²) in [7, 11) is 0. The third-order valence-electron chi connectivity index (χ3n) is 4.37. The van der Waals surface area contributed by atoms with Gasteiger partial charge in [0, 0.05) is 10.8 Å². The van der Waals surface area contributed by atoms with Crippen LogP contribution in [0.4, 0.5) is 0 Å². The molecule has 0 aromatic carbocycles. The predicted octanol–water partition coefficient (Wildman–Crippen LogP) is 3.29. The van der Waals surface area contributed by atoms with E-state index in [9.17, 15) is 9.90 Å². The first-order valence-electron chi connectivity index (χ1n) is 7.34. The highest BCUT2D eigenvalue weighted by Gasteiger charge is 2.32. The van der Waals surface area contributed by atoms with Gasteiger partial charge in [-0.25, -0.2) is 0 Å². The fourth-order valence-electron chi connectivity index (χ4n) is 2.74. The van der Waals surface area contributed by atoms with E-state index in [0.717, 1.165) is 30.6 Å². The van der Waals surface area contributed by atoms with Crippen LogP contribution in [0.25, 0.3) is 0 Å². The molecule has 20 heavy (non-hydrogen) atoms. The molecule has 112 valence electrons. The van der Waals surface area contributed by atoms with Crippen LogP contribution >= 0.6 is 11.3 Å². The van der Waals surface area contributed by atoms with Gasteiger partial charge in [-0.15, -0.1) is 11.3 Å². The highest BCUT2D eigenvalue weighted by atomic mass is 32.1. The molecule has 2 rings (SSSR count). The van der Waals surface area contributed by atoms with E-state index in [2.05, 4.69) is 19.2 Å². The first kappa shape index (κ1) is 15.5. The van der Waals surface area contributed by atoms with Crippen molar-refractivity contribution in [3.8, 4) is 0 Å². The summed E-state index contributed by atoms with van der Waals surface area (Å²) in [4.78, 5) is 13.1. The van der Waals surface area contributed by atoms with Crippen LogP contribution in [-0.4, -0.2) is 17.6 Å². The van der Waals surface area contributed by atoms with Gasteiger partial charge in [-0.3, -0.25) is 4.79 Å². The second-order valence-corrected chi connectivity index (χ2v) is 7.86. The SMILES string of the molecule is CC1(C)CCC(C(=O)NCC(C)(O)c2cccs2)CC1. The molecule has 1 aliphatic rings. The van der Waals surface area contributed by atoms with Crippen molar-refractivity contribution in [3.63, 3.8) is 0 Å². The lowest BCUT2D eigenvalue weighted by Crippen LogP contribution is -2.42. The molecular weight excluding hydrogens is 270 g/mol. The molecule has 4 heteroatoms. The van der Waals surface area contributed by atoms with Gasteiger partial charge >= 0.3 is 0 Å². The molecule has 0 saturated heterocycles. The number of hydrogen-bond donors (Lipinski definition) is 2. The second kappa shape index (κ2) is 5.86. The number of carbonyl (C=O) groups is 1. The minimum absolute atomic E-state index is 0.0948. The van der Waals surface area contributed by atoms with E-state index in [1.807, 2.05) is 17.5 Å². The first-order valence-corrected chi connectivity index (χ1v) is 8.22.